The maximum atomic E-state index is 11.9. The third-order valence-corrected chi connectivity index (χ3v) is 3.99. The zero-order valence-electron chi connectivity index (χ0n) is 10.9. The lowest BCUT2D eigenvalue weighted by molar-refractivity contribution is -0.115. The summed E-state index contributed by atoms with van der Waals surface area (Å²) in [5, 5.41) is 2.89. The molecule has 0 atom stereocenters. The number of imidazole rings is 1. The van der Waals surface area contributed by atoms with Crippen LogP contribution in [0.25, 0.3) is 5.65 Å². The second kappa shape index (κ2) is 5.13. The number of aromatic amines is 1. The van der Waals surface area contributed by atoms with Gasteiger partial charge < -0.3 is 10.3 Å². The predicted molar refractivity (Wildman–Crippen MR) is 80.8 cm³/mol. The third-order valence-electron chi connectivity index (χ3n) is 3.03. The number of carbonyl (C=O) groups excluding carboxylic acids is 1. The normalized spacial score (nSPS) is 10.9. The molecule has 20 heavy (non-hydrogen) atoms. The number of carbonyl (C=O) groups is 1. The fourth-order valence-corrected chi connectivity index (χ4v) is 2.44. The first-order valence-electron chi connectivity index (χ1n) is 6.19. The number of H-pyrrole nitrogens is 1. The number of amides is 1. The molecule has 0 saturated heterocycles. The molecule has 0 aliphatic rings. The highest BCUT2D eigenvalue weighted by Crippen LogP contribution is 2.20. The number of pyridine rings is 1. The minimum absolute atomic E-state index is 0.0445. The molecule has 0 unspecified atom stereocenters. The molecule has 0 fully saturated rings. The minimum atomic E-state index is -0.0445. The molecule has 0 aliphatic carbocycles. The lowest BCUT2D eigenvalue weighted by Crippen LogP contribution is -2.14. The second-order valence-electron chi connectivity index (χ2n) is 4.58. The summed E-state index contributed by atoms with van der Waals surface area (Å²) in [6.07, 6.45) is 5.83. The molecule has 2 N–H and O–H groups in total. The fourth-order valence-electron chi connectivity index (χ4n) is 2.07. The van der Waals surface area contributed by atoms with Crippen LogP contribution in [0.5, 0.6) is 0 Å². The van der Waals surface area contributed by atoms with E-state index in [4.69, 9.17) is 0 Å². The van der Waals surface area contributed by atoms with E-state index in [9.17, 15) is 4.79 Å². The van der Waals surface area contributed by atoms with Gasteiger partial charge >= 0.3 is 0 Å². The first-order valence-corrected chi connectivity index (χ1v) is 6.98. The average Bonchev–Trinajstić information content (AvgIpc) is 3.00. The highest BCUT2D eigenvalue weighted by molar-refractivity contribution is 9.10. The van der Waals surface area contributed by atoms with E-state index in [0.29, 0.717) is 6.42 Å². The molecule has 0 radical (unpaired) electrons. The van der Waals surface area contributed by atoms with Gasteiger partial charge in [0, 0.05) is 18.6 Å². The molecule has 6 heteroatoms. The van der Waals surface area contributed by atoms with Crippen LogP contribution in [0.3, 0.4) is 0 Å². The summed E-state index contributed by atoms with van der Waals surface area (Å²) < 4.78 is 2.80. The fraction of sp³-hybridized carbons (Fsp3) is 0.143. The number of nitrogens with one attached hydrogen (secondary N) is 2. The number of halogens is 1. The van der Waals surface area contributed by atoms with Gasteiger partial charge in [-0.1, -0.05) is 0 Å². The van der Waals surface area contributed by atoms with Gasteiger partial charge in [0.15, 0.2) is 0 Å². The molecule has 1 amide bonds. The zero-order chi connectivity index (χ0) is 14.1. The van der Waals surface area contributed by atoms with Gasteiger partial charge in [0.05, 0.1) is 17.8 Å². The van der Waals surface area contributed by atoms with Crippen LogP contribution in [0.1, 0.15) is 11.3 Å². The Kier molecular flexibility index (Phi) is 3.31. The smallest absolute Gasteiger partial charge is 0.228 e. The molecule has 3 rings (SSSR count). The minimum Gasteiger partial charge on any atom is -0.367 e. The summed E-state index contributed by atoms with van der Waals surface area (Å²) >= 11 is 3.48. The van der Waals surface area contributed by atoms with Crippen molar-refractivity contribution in [2.45, 2.75) is 13.3 Å². The van der Waals surface area contributed by atoms with Crippen LogP contribution in [0.4, 0.5) is 5.69 Å². The van der Waals surface area contributed by atoms with Crippen molar-refractivity contribution in [2.24, 2.45) is 0 Å². The van der Waals surface area contributed by atoms with E-state index >= 15 is 0 Å². The molecule has 3 heterocycles. The molecular weight excluding hydrogens is 320 g/mol. The van der Waals surface area contributed by atoms with Gasteiger partial charge in [0.25, 0.3) is 0 Å². The Morgan fingerprint density at radius 3 is 3.05 bits per heavy atom. The monoisotopic (exact) mass is 332 g/mol. The van der Waals surface area contributed by atoms with Crippen molar-refractivity contribution in [1.82, 2.24) is 14.4 Å². The Hall–Kier alpha value is -2.08. The van der Waals surface area contributed by atoms with Gasteiger partial charge in [-0.3, -0.25) is 9.20 Å². The molecule has 0 saturated carbocycles. The summed E-state index contributed by atoms with van der Waals surface area (Å²) in [5.41, 5.74) is 3.47. The summed E-state index contributed by atoms with van der Waals surface area (Å²) in [6, 6.07) is 5.62. The van der Waals surface area contributed by atoms with Crippen molar-refractivity contribution in [2.75, 3.05) is 5.32 Å². The van der Waals surface area contributed by atoms with E-state index in [1.54, 1.807) is 6.20 Å². The van der Waals surface area contributed by atoms with Crippen LogP contribution in [0.15, 0.2) is 41.4 Å². The maximum Gasteiger partial charge on any atom is 0.228 e. The number of anilines is 1. The van der Waals surface area contributed by atoms with Crippen LogP contribution in [-0.4, -0.2) is 20.3 Å². The molecule has 0 aliphatic heterocycles. The molecule has 0 bridgehead atoms. The van der Waals surface area contributed by atoms with Crippen molar-refractivity contribution in [3.05, 3.63) is 52.7 Å². The van der Waals surface area contributed by atoms with Crippen LogP contribution >= 0.6 is 15.9 Å². The van der Waals surface area contributed by atoms with Gasteiger partial charge in [-0.05, 0) is 46.6 Å². The SMILES string of the molecule is Cc1nc2ccc(NC(=O)Cc3cc[nH]c3)cn2c1Br. The lowest BCUT2D eigenvalue weighted by Gasteiger charge is -2.05. The maximum absolute atomic E-state index is 11.9. The van der Waals surface area contributed by atoms with E-state index in [2.05, 4.69) is 31.2 Å². The van der Waals surface area contributed by atoms with Crippen LogP contribution < -0.4 is 5.32 Å². The summed E-state index contributed by atoms with van der Waals surface area (Å²) in [7, 11) is 0. The Morgan fingerprint density at radius 1 is 1.45 bits per heavy atom. The van der Waals surface area contributed by atoms with E-state index in [1.165, 1.54) is 0 Å². The number of hydrogen-bond acceptors (Lipinski definition) is 2. The Balaban J connectivity index is 1.80. The number of rotatable bonds is 3. The molecule has 0 spiro atoms. The number of fused-ring (bicyclic) bond motifs is 1. The topological polar surface area (TPSA) is 62.2 Å². The van der Waals surface area contributed by atoms with Crippen LogP contribution in [-0.2, 0) is 11.2 Å². The van der Waals surface area contributed by atoms with Gasteiger partial charge in [0.2, 0.25) is 5.91 Å². The van der Waals surface area contributed by atoms with E-state index in [1.807, 2.05) is 41.9 Å². The summed E-state index contributed by atoms with van der Waals surface area (Å²) in [4.78, 5) is 19.3. The van der Waals surface area contributed by atoms with Gasteiger partial charge in [-0.15, -0.1) is 0 Å². The number of nitrogens with zero attached hydrogens (tertiary/aromatic N) is 2. The summed E-state index contributed by atoms with van der Waals surface area (Å²) in [5.74, 6) is -0.0445. The molecular formula is C14H13BrN4O. The van der Waals surface area contributed by atoms with Crippen molar-refractivity contribution < 1.29 is 4.79 Å². The zero-order valence-corrected chi connectivity index (χ0v) is 12.4. The largest absolute Gasteiger partial charge is 0.367 e. The average molecular weight is 333 g/mol. The van der Waals surface area contributed by atoms with E-state index in [-0.39, 0.29) is 5.91 Å². The number of aryl methyl sites for hydroxylation is 1. The van der Waals surface area contributed by atoms with Crippen molar-refractivity contribution in [3.63, 3.8) is 0 Å². The Labute approximate surface area is 124 Å². The van der Waals surface area contributed by atoms with Crippen molar-refractivity contribution in [3.8, 4) is 0 Å². The first-order chi connectivity index (χ1) is 9.63. The van der Waals surface area contributed by atoms with Crippen LogP contribution in [0, 0.1) is 6.92 Å². The summed E-state index contributed by atoms with van der Waals surface area (Å²) in [6.45, 7) is 1.93. The second-order valence-corrected chi connectivity index (χ2v) is 5.33. The highest BCUT2D eigenvalue weighted by Gasteiger charge is 2.08. The Morgan fingerprint density at radius 2 is 2.30 bits per heavy atom. The third kappa shape index (κ3) is 2.46. The Bertz CT molecular complexity index is 761. The van der Waals surface area contributed by atoms with E-state index in [0.717, 1.165) is 27.2 Å². The van der Waals surface area contributed by atoms with Crippen molar-refractivity contribution in [1.29, 1.82) is 0 Å². The van der Waals surface area contributed by atoms with Gasteiger partial charge in [-0.25, -0.2) is 4.98 Å². The van der Waals surface area contributed by atoms with Gasteiger partial charge in [-0.2, -0.15) is 0 Å². The van der Waals surface area contributed by atoms with E-state index < -0.39 is 0 Å². The molecule has 3 aromatic rings. The molecule has 5 nitrogen and oxygen atoms in total. The van der Waals surface area contributed by atoms with Gasteiger partial charge in [0.1, 0.15) is 10.3 Å². The molecule has 3 aromatic heterocycles. The predicted octanol–water partition coefficient (Wildman–Crippen LogP) is 2.91. The molecule has 0 aromatic carbocycles. The highest BCUT2D eigenvalue weighted by atomic mass is 79.9. The quantitative estimate of drug-likeness (QED) is 0.774. The molecule has 102 valence electrons. The van der Waals surface area contributed by atoms with Crippen molar-refractivity contribution >= 4 is 33.2 Å². The number of hydrogen-bond donors (Lipinski definition) is 2. The number of aromatic nitrogens is 3. The van der Waals surface area contributed by atoms with Crippen LogP contribution in [0.2, 0.25) is 0 Å². The first kappa shape index (κ1) is 12.9. The lowest BCUT2D eigenvalue weighted by atomic mass is 10.2. The standard InChI is InChI=1S/C14H13BrN4O/c1-9-14(15)19-8-11(2-3-12(19)17-9)18-13(20)6-10-4-5-16-7-10/h2-5,7-8,16H,6H2,1H3,(H,18,20).